The Morgan fingerprint density at radius 3 is 1.78 bits per heavy atom. The number of carbonyl (C=O) groups is 2. The summed E-state index contributed by atoms with van der Waals surface area (Å²) in [7, 11) is -11.0. The molecule has 8 aliphatic heterocycles. The number of hydrogen-bond acceptors (Lipinski definition) is 17. The Hall–Kier alpha value is -1.89. The number of sulfone groups is 1. The van der Waals surface area contributed by atoms with Crippen LogP contribution >= 0.6 is 0 Å². The Morgan fingerprint density at radius 1 is 0.658 bits per heavy atom. The molecular formula is C53H92N5O18S3. The van der Waals surface area contributed by atoms with E-state index in [-0.39, 0.29) is 112 Å². The van der Waals surface area contributed by atoms with Gasteiger partial charge in [0.2, 0.25) is 26.0 Å². The molecule has 8 saturated heterocycles. The molecule has 0 aromatic carbocycles. The fourth-order valence-electron chi connectivity index (χ4n) is 14.3. The van der Waals surface area contributed by atoms with E-state index in [9.17, 15) is 34.8 Å². The van der Waals surface area contributed by atoms with Crippen molar-refractivity contribution in [3.8, 4) is 0 Å². The smallest absolute Gasteiger partial charge is 0.319 e. The Bertz CT molecular complexity index is 2360. The number of ether oxygens (including phenoxy) is 9. The predicted molar refractivity (Wildman–Crippen MR) is 288 cm³/mol. The summed E-state index contributed by atoms with van der Waals surface area (Å²) in [5.41, 5.74) is -4.48. The van der Waals surface area contributed by atoms with Gasteiger partial charge in [-0.05, 0) is 109 Å². The molecular weight excluding hydrogens is 1090 g/mol. The summed E-state index contributed by atoms with van der Waals surface area (Å²) in [4.78, 5) is 31.8. The highest BCUT2D eigenvalue weighted by Crippen LogP contribution is 2.50. The van der Waals surface area contributed by atoms with Crippen molar-refractivity contribution in [3.05, 3.63) is 0 Å². The Kier molecular flexibility index (Phi) is 21.6. The van der Waals surface area contributed by atoms with Crippen LogP contribution in [-0.2, 0) is 82.4 Å². The van der Waals surface area contributed by atoms with E-state index in [1.807, 2.05) is 23.6 Å². The summed E-state index contributed by atoms with van der Waals surface area (Å²) in [5, 5.41) is 18.7. The Labute approximate surface area is 469 Å². The number of sulfonamides is 2. The van der Waals surface area contributed by atoms with Crippen LogP contribution in [-0.4, -0.2) is 221 Å². The minimum absolute atomic E-state index is 0.0257. The van der Waals surface area contributed by atoms with E-state index in [4.69, 9.17) is 42.6 Å². The molecule has 11 unspecified atom stereocenters. The molecule has 26 heteroatoms. The van der Waals surface area contributed by atoms with E-state index in [0.29, 0.717) is 110 Å². The fourth-order valence-corrected chi connectivity index (χ4v) is 16.5. The van der Waals surface area contributed by atoms with E-state index < -0.39 is 90.1 Å². The molecule has 0 spiro atoms. The number of piperidine rings is 3. The third-order valence-corrected chi connectivity index (χ3v) is 21.0. The molecule has 8 aliphatic rings. The van der Waals surface area contributed by atoms with Gasteiger partial charge in [-0.15, -0.1) is 0 Å². The van der Waals surface area contributed by atoms with Gasteiger partial charge < -0.3 is 52.8 Å². The normalized spacial score (nSPS) is 34.8. The van der Waals surface area contributed by atoms with E-state index in [1.54, 1.807) is 6.92 Å². The summed E-state index contributed by atoms with van der Waals surface area (Å²) >= 11 is 0. The van der Waals surface area contributed by atoms with Gasteiger partial charge in [0.1, 0.15) is 21.2 Å². The van der Waals surface area contributed by atoms with E-state index in [1.165, 1.54) is 10.6 Å². The van der Waals surface area contributed by atoms with E-state index in [0.717, 1.165) is 25.4 Å². The molecule has 23 nitrogen and oxygen atoms in total. The lowest BCUT2D eigenvalue weighted by Gasteiger charge is -2.58. The number of nitrogens with one attached hydrogen (secondary N) is 2. The van der Waals surface area contributed by atoms with Gasteiger partial charge in [-0.2, -0.15) is 4.31 Å². The summed E-state index contributed by atoms with van der Waals surface area (Å²) in [6.07, 6.45) is 7.16. The van der Waals surface area contributed by atoms with Crippen molar-refractivity contribution in [2.75, 3.05) is 110 Å². The maximum Gasteiger partial charge on any atom is 0.319 e. The third-order valence-electron chi connectivity index (χ3n) is 18.2. The fraction of sp³-hybridized carbons (Fsp3) is 0.962. The second-order valence-corrected chi connectivity index (χ2v) is 30.1. The molecule has 79 heavy (non-hydrogen) atoms. The van der Waals surface area contributed by atoms with Gasteiger partial charge in [0.15, 0.2) is 18.3 Å². The quantitative estimate of drug-likeness (QED) is 0.177. The Morgan fingerprint density at radius 2 is 1.20 bits per heavy atom. The van der Waals surface area contributed by atoms with Crippen LogP contribution in [0.5, 0.6) is 0 Å². The maximum absolute atomic E-state index is 15.5. The minimum atomic E-state index is -3.94. The van der Waals surface area contributed by atoms with Gasteiger partial charge in [-0.3, -0.25) is 9.69 Å². The number of carbonyl (C=O) groups excluding carboxylic acids is 2. The molecule has 0 aliphatic carbocycles. The molecule has 455 valence electrons. The van der Waals surface area contributed by atoms with Crippen LogP contribution in [0.4, 0.5) is 4.79 Å². The third kappa shape index (κ3) is 16.1. The van der Waals surface area contributed by atoms with Crippen molar-refractivity contribution in [2.45, 2.75) is 184 Å². The molecule has 3 amide bonds. The molecule has 8 rings (SSSR count). The number of rotatable bonds is 20. The van der Waals surface area contributed by atoms with Crippen molar-refractivity contribution in [1.82, 2.24) is 24.1 Å². The molecule has 1 radical (unpaired) electrons. The zero-order chi connectivity index (χ0) is 56.8. The lowest BCUT2D eigenvalue weighted by molar-refractivity contribution is -0.295. The van der Waals surface area contributed by atoms with Crippen LogP contribution in [0.2, 0.25) is 0 Å². The zero-order valence-electron chi connectivity index (χ0n) is 47.6. The highest BCUT2D eigenvalue weighted by molar-refractivity contribution is 7.90. The first-order valence-corrected chi connectivity index (χ1v) is 34.9. The van der Waals surface area contributed by atoms with E-state index >= 15 is 5.11 Å². The lowest BCUT2D eigenvalue weighted by atomic mass is 9.70. The average Bonchev–Trinajstić information content (AvgIpc) is 3.61. The number of urea groups is 1. The highest BCUT2D eigenvalue weighted by atomic mass is 32.2. The maximum atomic E-state index is 15.5. The van der Waals surface area contributed by atoms with Gasteiger partial charge in [0.25, 0.3) is 0 Å². The minimum Gasteiger partial charge on any atom is -0.381 e. The Balaban J connectivity index is 1.09. The SMILES string of the molecule is CC(=O)N1CCC(OC2(C3CCOCC3)CC(OC3(C4CCOCC4)CC(OC4CC(C([O])(CNS(C)(=O)=O)C5CCOC(OCCS(C)(=O)=O)C5)CCO4)CCN3S(C)(=O)=O)CCN2C(=O)NC(C)C)CC1C1CCOCC1. The largest absolute Gasteiger partial charge is 0.381 e. The number of amides is 3. The molecule has 0 saturated carbocycles. The first-order chi connectivity index (χ1) is 37.4. The molecule has 11 atom stereocenters. The topological polar surface area (TPSA) is 273 Å². The summed E-state index contributed by atoms with van der Waals surface area (Å²) in [6.45, 7) is 9.13. The predicted octanol–water partition coefficient (Wildman–Crippen LogP) is 3.38. The summed E-state index contributed by atoms with van der Waals surface area (Å²) in [6, 6.07) is -0.484. The van der Waals surface area contributed by atoms with Crippen molar-refractivity contribution >= 4 is 41.8 Å². The number of nitrogens with zero attached hydrogens (tertiary/aromatic N) is 3. The molecule has 8 heterocycles. The van der Waals surface area contributed by atoms with Crippen LogP contribution in [0, 0.1) is 29.6 Å². The van der Waals surface area contributed by atoms with Crippen LogP contribution in [0.15, 0.2) is 0 Å². The molecule has 2 N–H and O–H groups in total. The van der Waals surface area contributed by atoms with Gasteiger partial charge >= 0.3 is 6.03 Å². The van der Waals surface area contributed by atoms with Crippen LogP contribution in [0.25, 0.3) is 0 Å². The van der Waals surface area contributed by atoms with Gasteiger partial charge in [-0.1, -0.05) is 0 Å². The second kappa shape index (κ2) is 27.0. The second-order valence-electron chi connectivity index (χ2n) is 24.1. The first-order valence-electron chi connectivity index (χ1n) is 29.1. The van der Waals surface area contributed by atoms with Crippen molar-refractivity contribution in [1.29, 1.82) is 0 Å². The molecule has 0 aromatic rings. The average molecular weight is 1180 g/mol. The van der Waals surface area contributed by atoms with E-state index in [2.05, 4.69) is 10.0 Å². The summed E-state index contributed by atoms with van der Waals surface area (Å²) in [5.74, 6) is -1.69. The number of hydrogen-bond donors (Lipinski definition) is 2. The van der Waals surface area contributed by atoms with Gasteiger partial charge in [0, 0.05) is 129 Å². The zero-order valence-corrected chi connectivity index (χ0v) is 50.0. The van der Waals surface area contributed by atoms with Crippen LogP contribution in [0.1, 0.15) is 124 Å². The number of likely N-dealkylation sites (tertiary alicyclic amines) is 2. The van der Waals surface area contributed by atoms with Crippen molar-refractivity contribution in [3.63, 3.8) is 0 Å². The molecule has 0 aromatic heterocycles. The van der Waals surface area contributed by atoms with Gasteiger partial charge in [-0.25, -0.2) is 39.9 Å². The highest BCUT2D eigenvalue weighted by Gasteiger charge is 2.59. The molecule has 8 fully saturated rings. The van der Waals surface area contributed by atoms with Crippen LogP contribution in [0.3, 0.4) is 0 Å². The van der Waals surface area contributed by atoms with Crippen molar-refractivity contribution in [2.24, 2.45) is 29.6 Å². The molecule has 0 bridgehead atoms. The monoisotopic (exact) mass is 1180 g/mol. The summed E-state index contributed by atoms with van der Waals surface area (Å²) < 4.78 is 139. The first kappa shape index (κ1) is 63.1. The van der Waals surface area contributed by atoms with Gasteiger partial charge in [0.05, 0.1) is 56.4 Å². The lowest BCUT2D eigenvalue weighted by Crippen LogP contribution is -2.69. The van der Waals surface area contributed by atoms with Crippen molar-refractivity contribution < 1.29 is 82.6 Å². The standard InChI is InChI=1S/C53H92N5O18S3/c1-37(2)55-50(60)57-19-8-46(35-52(57,40-12-23-69-24-13-40)75-44-7-18-56(38(3)59)47(33-44)39-10-21-68-22-11-39)76-53(41-14-25-70-26-15-41)34-45(9-20-58(53)79(6,66)67)74-49-32-43(17-28-72-49)51(61,36-54-78(5,64)65)42-16-27-71-48(31-42)73-29-30-77(4,62)63/h37,39-49,54H,7-36H2,1-6H3,(H,55,60). The van der Waals surface area contributed by atoms with Crippen LogP contribution < -0.4 is 10.0 Å².